The minimum absolute atomic E-state index is 0.0518. The molecule has 0 saturated carbocycles. The van der Waals surface area contributed by atoms with E-state index in [-0.39, 0.29) is 23.4 Å². The fraction of sp³-hybridized carbons (Fsp3) is 0.350. The van der Waals surface area contributed by atoms with Crippen LogP contribution in [0.5, 0.6) is 0 Å². The Morgan fingerprint density at radius 3 is 2.54 bits per heavy atom. The number of amides is 1. The van der Waals surface area contributed by atoms with Gasteiger partial charge in [0.1, 0.15) is 0 Å². The highest BCUT2D eigenvalue weighted by Gasteiger charge is 2.31. The van der Waals surface area contributed by atoms with Gasteiger partial charge in [-0.2, -0.15) is 0 Å². The molecule has 1 amide bonds. The number of carbonyl (C=O) groups excluding carboxylic acids is 1. The van der Waals surface area contributed by atoms with Crippen LogP contribution >= 0.6 is 0 Å². The zero-order chi connectivity index (χ0) is 18.9. The summed E-state index contributed by atoms with van der Waals surface area (Å²) in [5.41, 5.74) is 3.77. The Balaban J connectivity index is 1.80. The minimum atomic E-state index is -3.60. The molecular formula is C20H24N2O3S. The number of anilines is 1. The van der Waals surface area contributed by atoms with Gasteiger partial charge in [-0.05, 0) is 49.6 Å². The maximum Gasteiger partial charge on any atom is 0.240 e. The molecule has 1 heterocycles. The van der Waals surface area contributed by atoms with Gasteiger partial charge in [0, 0.05) is 24.7 Å². The molecule has 138 valence electrons. The predicted molar refractivity (Wildman–Crippen MR) is 103 cm³/mol. The largest absolute Gasteiger partial charge is 0.309 e. The molecule has 1 N–H and O–H groups in total. The first-order chi connectivity index (χ1) is 12.3. The molecule has 0 saturated heterocycles. The van der Waals surface area contributed by atoms with E-state index in [0.717, 1.165) is 22.4 Å². The van der Waals surface area contributed by atoms with Crippen LogP contribution in [0.1, 0.15) is 37.0 Å². The second-order valence-corrected chi connectivity index (χ2v) is 8.54. The van der Waals surface area contributed by atoms with Crippen molar-refractivity contribution in [3.8, 4) is 0 Å². The van der Waals surface area contributed by atoms with Gasteiger partial charge < -0.3 is 4.90 Å². The SMILES string of the molecule is CCC(=O)N1c2ccc(S(=O)(=O)NCc3ccc(C)cc3)cc2CC1C. The molecule has 2 aromatic carbocycles. The monoisotopic (exact) mass is 372 g/mol. The number of fused-ring (bicyclic) bond motifs is 1. The van der Waals surface area contributed by atoms with E-state index in [2.05, 4.69) is 4.72 Å². The topological polar surface area (TPSA) is 66.5 Å². The van der Waals surface area contributed by atoms with E-state index in [9.17, 15) is 13.2 Å². The molecule has 1 atom stereocenters. The van der Waals surface area contributed by atoms with Crippen LogP contribution in [-0.2, 0) is 27.8 Å². The molecule has 0 fully saturated rings. The van der Waals surface area contributed by atoms with Gasteiger partial charge in [-0.3, -0.25) is 4.79 Å². The Morgan fingerprint density at radius 1 is 1.19 bits per heavy atom. The van der Waals surface area contributed by atoms with E-state index in [1.54, 1.807) is 23.1 Å². The lowest BCUT2D eigenvalue weighted by molar-refractivity contribution is -0.118. The van der Waals surface area contributed by atoms with Gasteiger partial charge in [-0.15, -0.1) is 0 Å². The number of hydrogen-bond donors (Lipinski definition) is 1. The Morgan fingerprint density at radius 2 is 1.88 bits per heavy atom. The fourth-order valence-electron chi connectivity index (χ4n) is 3.29. The van der Waals surface area contributed by atoms with Crippen molar-refractivity contribution in [2.75, 3.05) is 4.90 Å². The van der Waals surface area contributed by atoms with E-state index in [0.29, 0.717) is 12.8 Å². The van der Waals surface area contributed by atoms with Crippen LogP contribution in [0.4, 0.5) is 5.69 Å². The summed E-state index contributed by atoms with van der Waals surface area (Å²) in [5, 5.41) is 0. The van der Waals surface area contributed by atoms with Gasteiger partial charge >= 0.3 is 0 Å². The average Bonchev–Trinajstić information content (AvgIpc) is 2.95. The van der Waals surface area contributed by atoms with E-state index in [1.165, 1.54) is 0 Å². The summed E-state index contributed by atoms with van der Waals surface area (Å²) in [5.74, 6) is 0.0596. The van der Waals surface area contributed by atoms with Crippen molar-refractivity contribution in [2.45, 2.75) is 51.1 Å². The number of sulfonamides is 1. The molecule has 1 aliphatic rings. The summed E-state index contributed by atoms with van der Waals surface area (Å²) in [6.45, 7) is 6.06. The quantitative estimate of drug-likeness (QED) is 0.877. The fourth-order valence-corrected chi connectivity index (χ4v) is 4.36. The zero-order valence-electron chi connectivity index (χ0n) is 15.3. The summed E-state index contributed by atoms with van der Waals surface area (Å²) in [4.78, 5) is 14.2. The molecule has 26 heavy (non-hydrogen) atoms. The number of benzene rings is 2. The smallest absolute Gasteiger partial charge is 0.240 e. The summed E-state index contributed by atoms with van der Waals surface area (Å²) >= 11 is 0. The lowest BCUT2D eigenvalue weighted by atomic mass is 10.1. The lowest BCUT2D eigenvalue weighted by Gasteiger charge is -2.22. The van der Waals surface area contributed by atoms with Crippen LogP contribution in [-0.4, -0.2) is 20.4 Å². The predicted octanol–water partition coefficient (Wildman–Crippen LogP) is 3.16. The van der Waals surface area contributed by atoms with Gasteiger partial charge in [0.15, 0.2) is 0 Å². The first-order valence-corrected chi connectivity index (χ1v) is 10.3. The van der Waals surface area contributed by atoms with Crippen LogP contribution < -0.4 is 9.62 Å². The highest BCUT2D eigenvalue weighted by Crippen LogP contribution is 2.34. The van der Waals surface area contributed by atoms with Gasteiger partial charge in [0.25, 0.3) is 0 Å². The Kier molecular flexibility index (Phi) is 5.16. The third-order valence-electron chi connectivity index (χ3n) is 4.73. The molecule has 0 aliphatic carbocycles. The van der Waals surface area contributed by atoms with Gasteiger partial charge in [-0.25, -0.2) is 13.1 Å². The summed E-state index contributed by atoms with van der Waals surface area (Å²) in [7, 11) is -3.60. The zero-order valence-corrected chi connectivity index (χ0v) is 16.1. The third kappa shape index (κ3) is 3.66. The maximum absolute atomic E-state index is 12.6. The molecule has 2 aromatic rings. The molecule has 1 aliphatic heterocycles. The molecular weight excluding hydrogens is 348 g/mol. The molecule has 0 spiro atoms. The van der Waals surface area contributed by atoms with Crippen molar-refractivity contribution in [2.24, 2.45) is 0 Å². The Labute approximate surface area is 155 Å². The van der Waals surface area contributed by atoms with Crippen molar-refractivity contribution in [3.05, 3.63) is 59.2 Å². The first kappa shape index (κ1) is 18.6. The maximum atomic E-state index is 12.6. The first-order valence-electron chi connectivity index (χ1n) is 8.82. The number of hydrogen-bond acceptors (Lipinski definition) is 3. The van der Waals surface area contributed by atoms with Crippen molar-refractivity contribution in [1.29, 1.82) is 0 Å². The van der Waals surface area contributed by atoms with Crippen LogP contribution in [0.25, 0.3) is 0 Å². The van der Waals surface area contributed by atoms with Gasteiger partial charge in [-0.1, -0.05) is 36.8 Å². The van der Waals surface area contributed by atoms with Crippen molar-refractivity contribution in [3.63, 3.8) is 0 Å². The van der Waals surface area contributed by atoms with Crippen molar-refractivity contribution >= 4 is 21.6 Å². The molecule has 0 radical (unpaired) electrons. The lowest BCUT2D eigenvalue weighted by Crippen LogP contribution is -2.35. The average molecular weight is 372 g/mol. The summed E-state index contributed by atoms with van der Waals surface area (Å²) in [6, 6.07) is 12.8. The number of rotatable bonds is 5. The highest BCUT2D eigenvalue weighted by molar-refractivity contribution is 7.89. The highest BCUT2D eigenvalue weighted by atomic mass is 32.2. The van der Waals surface area contributed by atoms with Gasteiger partial charge in [0.2, 0.25) is 15.9 Å². The molecule has 0 bridgehead atoms. The molecule has 0 aromatic heterocycles. The van der Waals surface area contributed by atoms with E-state index >= 15 is 0 Å². The summed E-state index contributed by atoms with van der Waals surface area (Å²) < 4.78 is 27.9. The minimum Gasteiger partial charge on any atom is -0.309 e. The van der Waals surface area contributed by atoms with E-state index in [1.807, 2.05) is 45.0 Å². The van der Waals surface area contributed by atoms with Crippen LogP contribution in [0.15, 0.2) is 47.4 Å². The molecule has 6 heteroatoms. The second kappa shape index (κ2) is 7.21. The third-order valence-corrected chi connectivity index (χ3v) is 6.13. The normalized spacial score (nSPS) is 16.6. The van der Waals surface area contributed by atoms with Crippen molar-refractivity contribution < 1.29 is 13.2 Å². The van der Waals surface area contributed by atoms with E-state index < -0.39 is 10.0 Å². The summed E-state index contributed by atoms with van der Waals surface area (Å²) in [6.07, 6.45) is 1.10. The van der Waals surface area contributed by atoms with Crippen LogP contribution in [0.3, 0.4) is 0 Å². The Bertz CT molecular complexity index is 921. The number of aryl methyl sites for hydroxylation is 1. The van der Waals surface area contributed by atoms with Crippen LogP contribution in [0.2, 0.25) is 0 Å². The number of carbonyl (C=O) groups is 1. The number of nitrogens with zero attached hydrogens (tertiary/aromatic N) is 1. The Hall–Kier alpha value is -2.18. The van der Waals surface area contributed by atoms with E-state index in [4.69, 9.17) is 0 Å². The molecule has 1 unspecified atom stereocenters. The van der Waals surface area contributed by atoms with Crippen molar-refractivity contribution in [1.82, 2.24) is 4.72 Å². The molecule has 5 nitrogen and oxygen atoms in total. The number of nitrogens with one attached hydrogen (secondary N) is 1. The molecule has 3 rings (SSSR count). The standard InChI is InChI=1S/C20H24N2O3S/c1-4-20(23)22-15(3)11-17-12-18(9-10-19(17)22)26(24,25)21-13-16-7-5-14(2)6-8-16/h5-10,12,15,21H,4,11,13H2,1-3H3. The van der Waals surface area contributed by atoms with Crippen LogP contribution in [0, 0.1) is 6.92 Å². The second-order valence-electron chi connectivity index (χ2n) is 6.77. The van der Waals surface area contributed by atoms with Gasteiger partial charge in [0.05, 0.1) is 4.90 Å².